The van der Waals surface area contributed by atoms with Gasteiger partial charge in [-0.05, 0) is 49.8 Å². The number of allylic oxidation sites excluding steroid dienone is 2. The van der Waals surface area contributed by atoms with Gasteiger partial charge in [-0.2, -0.15) is 0 Å². The Morgan fingerprint density at radius 2 is 2.32 bits per heavy atom. The van der Waals surface area contributed by atoms with Gasteiger partial charge in [-0.25, -0.2) is 0 Å². The summed E-state index contributed by atoms with van der Waals surface area (Å²) in [5, 5.41) is 7.94. The molecule has 0 spiro atoms. The third-order valence-electron chi connectivity index (χ3n) is 3.29. The molecule has 1 aliphatic rings. The minimum atomic E-state index is -0.100. The van der Waals surface area contributed by atoms with Crippen molar-refractivity contribution in [2.75, 3.05) is 12.3 Å². The van der Waals surface area contributed by atoms with E-state index in [0.29, 0.717) is 24.8 Å². The Labute approximate surface area is 112 Å². The zero-order chi connectivity index (χ0) is 13.7. The molecule has 0 aromatic carbocycles. The average molecular weight is 261 g/mol. The van der Waals surface area contributed by atoms with Gasteiger partial charge in [-0.15, -0.1) is 10.2 Å². The summed E-state index contributed by atoms with van der Waals surface area (Å²) in [5.41, 5.74) is 7.58. The van der Waals surface area contributed by atoms with Crippen LogP contribution in [-0.2, 0) is 9.53 Å². The second-order valence-corrected chi connectivity index (χ2v) is 4.72. The van der Waals surface area contributed by atoms with E-state index in [-0.39, 0.29) is 5.97 Å². The lowest BCUT2D eigenvalue weighted by atomic mass is 9.86. The second-order valence-electron chi connectivity index (χ2n) is 4.72. The topological polar surface area (TPSA) is 78.1 Å². The predicted octanol–water partition coefficient (Wildman–Crippen LogP) is 2.20. The largest absolute Gasteiger partial charge is 0.466 e. The van der Waals surface area contributed by atoms with E-state index in [1.165, 1.54) is 5.57 Å². The Hall–Kier alpha value is -1.91. The predicted molar refractivity (Wildman–Crippen MR) is 73.0 cm³/mol. The van der Waals surface area contributed by atoms with Crippen LogP contribution in [-0.4, -0.2) is 22.8 Å². The molecule has 1 unspecified atom stereocenters. The summed E-state index contributed by atoms with van der Waals surface area (Å²) in [6.45, 7) is 2.28. The van der Waals surface area contributed by atoms with Gasteiger partial charge in [-0.1, -0.05) is 6.08 Å². The fourth-order valence-corrected chi connectivity index (χ4v) is 2.28. The molecule has 5 heteroatoms. The van der Waals surface area contributed by atoms with Crippen molar-refractivity contribution in [3.8, 4) is 0 Å². The quantitative estimate of drug-likeness (QED) is 0.840. The second kappa shape index (κ2) is 6.31. The standard InChI is InChI=1S/C14H19N3O2/c1-2-19-14(18)9-10-3-5-11(6-4-10)12-7-8-13(15)17-16-12/h5,7-8,10H,2-4,6,9H2,1H3,(H2,15,17). The Morgan fingerprint density at radius 1 is 1.47 bits per heavy atom. The summed E-state index contributed by atoms with van der Waals surface area (Å²) in [6, 6.07) is 3.65. The zero-order valence-electron chi connectivity index (χ0n) is 11.1. The fourth-order valence-electron chi connectivity index (χ4n) is 2.28. The smallest absolute Gasteiger partial charge is 0.306 e. The number of aromatic nitrogens is 2. The van der Waals surface area contributed by atoms with Crippen LogP contribution in [0.2, 0.25) is 0 Å². The molecule has 0 saturated carbocycles. The van der Waals surface area contributed by atoms with Crippen molar-refractivity contribution < 1.29 is 9.53 Å². The number of ether oxygens (including phenoxy) is 1. The number of esters is 1. The highest BCUT2D eigenvalue weighted by molar-refractivity contribution is 5.70. The molecule has 1 aromatic rings. The molecule has 0 radical (unpaired) electrons. The first kappa shape index (κ1) is 13.5. The number of nitrogens with two attached hydrogens (primary N) is 1. The molecule has 5 nitrogen and oxygen atoms in total. The molecule has 2 N–H and O–H groups in total. The number of nitrogens with zero attached hydrogens (tertiary/aromatic N) is 2. The Morgan fingerprint density at radius 3 is 2.89 bits per heavy atom. The van der Waals surface area contributed by atoms with E-state index in [4.69, 9.17) is 10.5 Å². The van der Waals surface area contributed by atoms with Gasteiger partial charge in [0.2, 0.25) is 0 Å². The first-order valence-corrected chi connectivity index (χ1v) is 6.63. The molecule has 102 valence electrons. The lowest BCUT2D eigenvalue weighted by Gasteiger charge is -2.20. The normalized spacial score (nSPS) is 18.8. The fraction of sp³-hybridized carbons (Fsp3) is 0.500. The Kier molecular flexibility index (Phi) is 4.49. The lowest BCUT2D eigenvalue weighted by molar-refractivity contribution is -0.144. The minimum Gasteiger partial charge on any atom is -0.466 e. The van der Waals surface area contributed by atoms with Crippen LogP contribution in [0.5, 0.6) is 0 Å². The summed E-state index contributed by atoms with van der Waals surface area (Å²) in [7, 11) is 0. The maximum Gasteiger partial charge on any atom is 0.306 e. The molecule has 0 bridgehead atoms. The third kappa shape index (κ3) is 3.77. The lowest BCUT2D eigenvalue weighted by Crippen LogP contribution is -2.14. The average Bonchev–Trinajstić information content (AvgIpc) is 2.41. The van der Waals surface area contributed by atoms with E-state index >= 15 is 0 Å². The Balaban J connectivity index is 1.92. The molecule has 1 atom stereocenters. The van der Waals surface area contributed by atoms with E-state index in [1.807, 2.05) is 13.0 Å². The summed E-state index contributed by atoms with van der Waals surface area (Å²) in [4.78, 5) is 11.4. The zero-order valence-corrected chi connectivity index (χ0v) is 11.1. The molecule has 0 amide bonds. The SMILES string of the molecule is CCOC(=O)CC1CC=C(c2ccc(N)nn2)CC1. The van der Waals surface area contributed by atoms with Gasteiger partial charge in [0.15, 0.2) is 0 Å². The molecular weight excluding hydrogens is 242 g/mol. The first-order valence-electron chi connectivity index (χ1n) is 6.63. The third-order valence-corrected chi connectivity index (χ3v) is 3.29. The van der Waals surface area contributed by atoms with E-state index < -0.39 is 0 Å². The van der Waals surface area contributed by atoms with E-state index in [0.717, 1.165) is 25.0 Å². The maximum absolute atomic E-state index is 11.4. The van der Waals surface area contributed by atoms with Crippen LogP contribution in [0.4, 0.5) is 5.82 Å². The van der Waals surface area contributed by atoms with Gasteiger partial charge in [0.1, 0.15) is 5.82 Å². The van der Waals surface area contributed by atoms with Crippen LogP contribution in [0.3, 0.4) is 0 Å². The van der Waals surface area contributed by atoms with Crippen LogP contribution >= 0.6 is 0 Å². The molecule has 2 rings (SSSR count). The number of carbonyl (C=O) groups excluding carboxylic acids is 1. The number of carbonyl (C=O) groups is 1. The molecule has 1 heterocycles. The molecule has 19 heavy (non-hydrogen) atoms. The van der Waals surface area contributed by atoms with Crippen LogP contribution in [0.1, 0.15) is 38.3 Å². The van der Waals surface area contributed by atoms with Gasteiger partial charge in [-0.3, -0.25) is 4.79 Å². The van der Waals surface area contributed by atoms with Crippen molar-refractivity contribution in [2.24, 2.45) is 5.92 Å². The van der Waals surface area contributed by atoms with Crippen molar-refractivity contribution in [3.05, 3.63) is 23.9 Å². The molecule has 0 aliphatic heterocycles. The van der Waals surface area contributed by atoms with Crippen LogP contribution in [0, 0.1) is 5.92 Å². The summed E-state index contributed by atoms with van der Waals surface area (Å²) in [5.74, 6) is 0.710. The van der Waals surface area contributed by atoms with E-state index in [1.54, 1.807) is 6.07 Å². The summed E-state index contributed by atoms with van der Waals surface area (Å²) in [6.07, 6.45) is 5.44. The first-order chi connectivity index (χ1) is 9.19. The van der Waals surface area contributed by atoms with Crippen LogP contribution < -0.4 is 5.73 Å². The van der Waals surface area contributed by atoms with Crippen LogP contribution in [0.25, 0.3) is 5.57 Å². The summed E-state index contributed by atoms with van der Waals surface area (Å²) < 4.78 is 4.97. The van der Waals surface area contributed by atoms with E-state index in [2.05, 4.69) is 16.3 Å². The molecule has 0 saturated heterocycles. The number of hydrogen-bond donors (Lipinski definition) is 1. The Bertz CT molecular complexity index is 468. The van der Waals surface area contributed by atoms with Gasteiger partial charge in [0.25, 0.3) is 0 Å². The molecule has 0 fully saturated rings. The van der Waals surface area contributed by atoms with Crippen molar-refractivity contribution in [2.45, 2.75) is 32.6 Å². The van der Waals surface area contributed by atoms with Crippen molar-refractivity contribution in [1.82, 2.24) is 10.2 Å². The monoisotopic (exact) mass is 261 g/mol. The highest BCUT2D eigenvalue weighted by Crippen LogP contribution is 2.31. The summed E-state index contributed by atoms with van der Waals surface area (Å²) >= 11 is 0. The molecule has 1 aliphatic carbocycles. The number of nitrogen functional groups attached to an aromatic ring is 1. The van der Waals surface area contributed by atoms with Gasteiger partial charge >= 0.3 is 5.97 Å². The number of anilines is 1. The van der Waals surface area contributed by atoms with Gasteiger partial charge in [0, 0.05) is 6.42 Å². The highest BCUT2D eigenvalue weighted by Gasteiger charge is 2.19. The van der Waals surface area contributed by atoms with Crippen molar-refractivity contribution >= 4 is 17.4 Å². The molecule has 1 aromatic heterocycles. The number of hydrogen-bond acceptors (Lipinski definition) is 5. The minimum absolute atomic E-state index is 0.100. The van der Waals surface area contributed by atoms with E-state index in [9.17, 15) is 4.79 Å². The van der Waals surface area contributed by atoms with Crippen molar-refractivity contribution in [1.29, 1.82) is 0 Å². The van der Waals surface area contributed by atoms with Crippen LogP contribution in [0.15, 0.2) is 18.2 Å². The van der Waals surface area contributed by atoms with Gasteiger partial charge in [0.05, 0.1) is 12.3 Å². The van der Waals surface area contributed by atoms with Crippen molar-refractivity contribution in [3.63, 3.8) is 0 Å². The van der Waals surface area contributed by atoms with Gasteiger partial charge < -0.3 is 10.5 Å². The highest BCUT2D eigenvalue weighted by atomic mass is 16.5. The number of rotatable bonds is 4. The maximum atomic E-state index is 11.4. The molecular formula is C14H19N3O2.